The molecule has 3 heterocycles. The molecule has 0 saturated carbocycles. The van der Waals surface area contributed by atoms with Crippen molar-refractivity contribution in [2.75, 3.05) is 0 Å². The van der Waals surface area contributed by atoms with E-state index in [0.717, 1.165) is 4.40 Å². The molecule has 0 aromatic carbocycles. The summed E-state index contributed by atoms with van der Waals surface area (Å²) in [7, 11) is 0. The first-order valence-corrected chi connectivity index (χ1v) is 7.08. The van der Waals surface area contributed by atoms with E-state index in [9.17, 15) is 26.3 Å². The van der Waals surface area contributed by atoms with E-state index in [1.807, 2.05) is 0 Å². The van der Waals surface area contributed by atoms with Crippen molar-refractivity contribution in [3.8, 4) is 11.5 Å². The third-order valence-electron chi connectivity index (χ3n) is 3.17. The summed E-state index contributed by atoms with van der Waals surface area (Å²) >= 11 is 11.6. The first kappa shape index (κ1) is 17.7. The van der Waals surface area contributed by atoms with Gasteiger partial charge in [-0.1, -0.05) is 23.2 Å². The standard InChI is InChI=1S/C13H4Cl2F6N4/c14-7-1-5(12(16,17)18)3-22-9(7)11-24-23-10-8(15)2-6(4-25(10)11)13(19,20)21/h1-4H. The summed E-state index contributed by atoms with van der Waals surface area (Å²) < 4.78 is 77.6. The zero-order valence-electron chi connectivity index (χ0n) is 11.6. The summed E-state index contributed by atoms with van der Waals surface area (Å²) in [6, 6.07) is 1.26. The van der Waals surface area contributed by atoms with Crippen LogP contribution in [-0.4, -0.2) is 19.6 Å². The Labute approximate surface area is 145 Å². The van der Waals surface area contributed by atoms with E-state index < -0.39 is 28.5 Å². The zero-order chi connectivity index (χ0) is 18.6. The van der Waals surface area contributed by atoms with Crippen LogP contribution in [0.2, 0.25) is 10.0 Å². The number of hydrogen-bond acceptors (Lipinski definition) is 3. The molecule has 12 heteroatoms. The molecule has 0 aliphatic carbocycles. The molecule has 0 bridgehead atoms. The summed E-state index contributed by atoms with van der Waals surface area (Å²) in [6.07, 6.45) is -8.21. The number of nitrogens with zero attached hydrogens (tertiary/aromatic N) is 4. The molecule has 0 N–H and O–H groups in total. The summed E-state index contributed by atoms with van der Waals surface area (Å²) in [5.74, 6) is -0.276. The Hall–Kier alpha value is -2.07. The van der Waals surface area contributed by atoms with Crippen LogP contribution in [0, 0.1) is 0 Å². The molecule has 0 aliphatic heterocycles. The molecule has 0 unspecified atom stereocenters. The highest BCUT2D eigenvalue weighted by molar-refractivity contribution is 6.34. The fraction of sp³-hybridized carbons (Fsp3) is 0.154. The lowest BCUT2D eigenvalue weighted by Gasteiger charge is -2.10. The molecule has 0 spiro atoms. The van der Waals surface area contributed by atoms with E-state index in [-0.39, 0.29) is 22.2 Å². The van der Waals surface area contributed by atoms with Gasteiger partial charge in [-0.3, -0.25) is 9.38 Å². The summed E-state index contributed by atoms with van der Waals surface area (Å²) in [5, 5.41) is 6.47. The molecule has 25 heavy (non-hydrogen) atoms. The number of fused-ring (bicyclic) bond motifs is 1. The van der Waals surface area contributed by atoms with E-state index in [4.69, 9.17) is 23.2 Å². The van der Waals surface area contributed by atoms with Crippen molar-refractivity contribution < 1.29 is 26.3 Å². The van der Waals surface area contributed by atoms with Crippen molar-refractivity contribution in [2.24, 2.45) is 0 Å². The molecule has 4 nitrogen and oxygen atoms in total. The maximum Gasteiger partial charge on any atom is 0.417 e. The van der Waals surface area contributed by atoms with E-state index in [1.165, 1.54) is 0 Å². The summed E-state index contributed by atoms with van der Waals surface area (Å²) in [6.45, 7) is 0. The predicted molar refractivity (Wildman–Crippen MR) is 76.2 cm³/mol. The van der Waals surface area contributed by atoms with E-state index in [0.29, 0.717) is 24.5 Å². The third-order valence-corrected chi connectivity index (χ3v) is 3.73. The highest BCUT2D eigenvalue weighted by Gasteiger charge is 2.34. The van der Waals surface area contributed by atoms with Gasteiger partial charge in [-0.05, 0) is 12.1 Å². The van der Waals surface area contributed by atoms with Crippen LogP contribution in [0.4, 0.5) is 26.3 Å². The van der Waals surface area contributed by atoms with Crippen LogP contribution in [0.25, 0.3) is 17.2 Å². The van der Waals surface area contributed by atoms with Gasteiger partial charge in [0.2, 0.25) is 0 Å². The maximum absolute atomic E-state index is 12.9. The van der Waals surface area contributed by atoms with Gasteiger partial charge in [0, 0.05) is 12.4 Å². The van der Waals surface area contributed by atoms with E-state index in [2.05, 4.69) is 15.2 Å². The first-order valence-electron chi connectivity index (χ1n) is 6.33. The van der Waals surface area contributed by atoms with Gasteiger partial charge in [0.15, 0.2) is 11.5 Å². The van der Waals surface area contributed by atoms with Gasteiger partial charge in [-0.15, -0.1) is 10.2 Å². The second kappa shape index (κ2) is 5.73. The molecular weight excluding hydrogens is 397 g/mol. The smallest absolute Gasteiger partial charge is 0.279 e. The normalized spacial score (nSPS) is 12.8. The van der Waals surface area contributed by atoms with Crippen molar-refractivity contribution in [1.82, 2.24) is 19.6 Å². The van der Waals surface area contributed by atoms with Crippen LogP contribution in [0.5, 0.6) is 0 Å². The average molecular weight is 401 g/mol. The summed E-state index contributed by atoms with van der Waals surface area (Å²) in [4.78, 5) is 3.56. The van der Waals surface area contributed by atoms with Crippen LogP contribution in [0.1, 0.15) is 11.1 Å². The monoisotopic (exact) mass is 400 g/mol. The highest BCUT2D eigenvalue weighted by Crippen LogP contribution is 2.36. The quantitative estimate of drug-likeness (QED) is 0.531. The molecule has 0 atom stereocenters. The molecule has 3 rings (SSSR count). The van der Waals surface area contributed by atoms with Crippen molar-refractivity contribution in [3.05, 3.63) is 45.7 Å². The Morgan fingerprint density at radius 3 is 2.00 bits per heavy atom. The SMILES string of the molecule is FC(F)(F)c1cnc(-c2nnc3c(Cl)cc(C(F)(F)F)cn23)c(Cl)c1. The van der Waals surface area contributed by atoms with Gasteiger partial charge >= 0.3 is 12.4 Å². The largest absolute Gasteiger partial charge is 0.417 e. The van der Waals surface area contributed by atoms with Crippen LogP contribution in [0.3, 0.4) is 0 Å². The molecule has 0 saturated heterocycles. The van der Waals surface area contributed by atoms with E-state index in [1.54, 1.807) is 0 Å². The fourth-order valence-electron chi connectivity index (χ4n) is 2.03. The molecule has 0 amide bonds. The zero-order valence-corrected chi connectivity index (χ0v) is 13.1. The van der Waals surface area contributed by atoms with Crippen molar-refractivity contribution in [3.63, 3.8) is 0 Å². The first-order chi connectivity index (χ1) is 11.5. The Bertz CT molecular complexity index is 964. The maximum atomic E-state index is 12.9. The number of aromatic nitrogens is 4. The van der Waals surface area contributed by atoms with Gasteiger partial charge in [0.05, 0.1) is 21.2 Å². The molecule has 0 fully saturated rings. The number of rotatable bonds is 1. The Morgan fingerprint density at radius 2 is 1.44 bits per heavy atom. The molecule has 132 valence electrons. The molecule has 0 aliphatic rings. The predicted octanol–water partition coefficient (Wildman–Crippen LogP) is 5.14. The minimum absolute atomic E-state index is 0.123. The summed E-state index contributed by atoms with van der Waals surface area (Å²) in [5.41, 5.74) is -2.59. The van der Waals surface area contributed by atoms with Gasteiger partial charge in [-0.25, -0.2) is 0 Å². The number of halogens is 8. The number of hydrogen-bond donors (Lipinski definition) is 0. The molecule has 0 radical (unpaired) electrons. The lowest BCUT2D eigenvalue weighted by atomic mass is 10.2. The molecular formula is C13H4Cl2F6N4. The minimum Gasteiger partial charge on any atom is -0.279 e. The minimum atomic E-state index is -4.70. The van der Waals surface area contributed by atoms with Gasteiger partial charge in [0.1, 0.15) is 5.69 Å². The van der Waals surface area contributed by atoms with Crippen LogP contribution < -0.4 is 0 Å². The van der Waals surface area contributed by atoms with Crippen LogP contribution in [-0.2, 0) is 12.4 Å². The topological polar surface area (TPSA) is 43.1 Å². The number of alkyl halides is 6. The lowest BCUT2D eigenvalue weighted by molar-refractivity contribution is -0.138. The average Bonchev–Trinajstić information content (AvgIpc) is 2.89. The van der Waals surface area contributed by atoms with E-state index >= 15 is 0 Å². The van der Waals surface area contributed by atoms with Gasteiger partial charge in [-0.2, -0.15) is 26.3 Å². The van der Waals surface area contributed by atoms with Gasteiger partial charge in [0.25, 0.3) is 0 Å². The Balaban J connectivity index is 2.21. The van der Waals surface area contributed by atoms with Crippen molar-refractivity contribution in [1.29, 1.82) is 0 Å². The van der Waals surface area contributed by atoms with Crippen molar-refractivity contribution in [2.45, 2.75) is 12.4 Å². The van der Waals surface area contributed by atoms with Crippen LogP contribution >= 0.6 is 23.2 Å². The van der Waals surface area contributed by atoms with Crippen molar-refractivity contribution >= 4 is 28.8 Å². The Kier molecular flexibility index (Phi) is 4.07. The molecule has 3 aromatic rings. The second-order valence-corrected chi connectivity index (χ2v) is 5.66. The highest BCUT2D eigenvalue weighted by atomic mass is 35.5. The van der Waals surface area contributed by atoms with Gasteiger partial charge < -0.3 is 0 Å². The fourth-order valence-corrected chi connectivity index (χ4v) is 2.53. The van der Waals surface area contributed by atoms with Crippen LogP contribution in [0.15, 0.2) is 24.5 Å². The third kappa shape index (κ3) is 3.23. The second-order valence-electron chi connectivity index (χ2n) is 4.84. The number of pyridine rings is 2. The Morgan fingerprint density at radius 1 is 0.840 bits per heavy atom. The lowest BCUT2D eigenvalue weighted by Crippen LogP contribution is -2.08. The molecule has 3 aromatic heterocycles.